The minimum atomic E-state index is -0.808. The second kappa shape index (κ2) is 12.8. The largest absolute Gasteiger partial charge is 0.485 e. The molecule has 44 heavy (non-hydrogen) atoms. The van der Waals surface area contributed by atoms with E-state index in [-0.39, 0.29) is 43.0 Å². The summed E-state index contributed by atoms with van der Waals surface area (Å²) >= 11 is 0. The molecule has 10 nitrogen and oxygen atoms in total. The van der Waals surface area contributed by atoms with Gasteiger partial charge in [-0.05, 0) is 66.3 Å². The molecule has 0 fully saturated rings. The molecule has 0 radical (unpaired) electrons. The normalized spacial score (nSPS) is 18.1. The Morgan fingerprint density at radius 2 is 2.00 bits per heavy atom. The molecule has 0 saturated carbocycles. The minimum Gasteiger partial charge on any atom is -0.485 e. The van der Waals surface area contributed by atoms with E-state index in [0.29, 0.717) is 17.1 Å². The van der Waals surface area contributed by atoms with Crippen LogP contribution in [0.25, 0.3) is 10.8 Å². The van der Waals surface area contributed by atoms with Crippen molar-refractivity contribution >= 4 is 40.0 Å². The number of aryl methyl sites for hydroxylation is 1. The van der Waals surface area contributed by atoms with Crippen LogP contribution in [0.15, 0.2) is 60.8 Å². The molecule has 11 heteroatoms. The van der Waals surface area contributed by atoms with Crippen molar-refractivity contribution in [2.75, 3.05) is 36.6 Å². The standard InChI is InChI=1S/C33H36FN5O5/c1-18-11-22-5-7-26(18)19(2)17-43-33(42)38-25-13-23(30(28(34)14-25)44-20(3)16-40)15-39(4)32(41)29(22)37-24-6-8-27-21(12-24)9-10-36-31(27)35/h5-14,19-20,29,37,40H,15-17H2,1-4H3,(H2,35,36)(H,38,42)/t19-,20+,29+/m0/s1. The van der Waals surface area contributed by atoms with E-state index in [1.807, 2.05) is 56.3 Å². The summed E-state index contributed by atoms with van der Waals surface area (Å²) in [5.41, 5.74) is 9.82. The van der Waals surface area contributed by atoms with Crippen LogP contribution >= 0.6 is 0 Å². The Morgan fingerprint density at radius 3 is 2.75 bits per heavy atom. The number of anilines is 3. The molecule has 4 aromatic rings. The van der Waals surface area contributed by atoms with Gasteiger partial charge in [-0.25, -0.2) is 14.2 Å². The number of hydrogen-bond acceptors (Lipinski definition) is 8. The highest BCUT2D eigenvalue weighted by atomic mass is 19.1. The van der Waals surface area contributed by atoms with Gasteiger partial charge < -0.3 is 30.5 Å². The lowest BCUT2D eigenvalue weighted by molar-refractivity contribution is -0.131. The number of benzene rings is 3. The molecule has 0 spiro atoms. The van der Waals surface area contributed by atoms with Gasteiger partial charge in [-0.1, -0.05) is 25.1 Å². The van der Waals surface area contributed by atoms with Crippen LogP contribution < -0.4 is 21.1 Å². The number of fused-ring (bicyclic) bond motifs is 10. The molecular weight excluding hydrogens is 565 g/mol. The predicted molar refractivity (Wildman–Crippen MR) is 167 cm³/mol. The molecule has 3 atom stereocenters. The molecule has 0 saturated heterocycles. The van der Waals surface area contributed by atoms with E-state index in [2.05, 4.69) is 15.6 Å². The number of rotatable bonds is 5. The van der Waals surface area contributed by atoms with Gasteiger partial charge >= 0.3 is 6.09 Å². The van der Waals surface area contributed by atoms with Crippen LogP contribution in [-0.2, 0) is 16.1 Å². The number of halogens is 1. The maximum Gasteiger partial charge on any atom is 0.411 e. The maximum atomic E-state index is 15.4. The summed E-state index contributed by atoms with van der Waals surface area (Å²) < 4.78 is 26.5. The van der Waals surface area contributed by atoms with Gasteiger partial charge in [-0.15, -0.1) is 0 Å². The van der Waals surface area contributed by atoms with E-state index >= 15 is 4.39 Å². The Labute approximate surface area is 255 Å². The predicted octanol–water partition coefficient (Wildman–Crippen LogP) is 5.50. The number of aliphatic hydroxyl groups excluding tert-OH is 1. The van der Waals surface area contributed by atoms with Crippen molar-refractivity contribution in [3.05, 3.63) is 88.9 Å². The van der Waals surface area contributed by atoms with Crippen LogP contribution in [0.3, 0.4) is 0 Å². The Kier molecular flexibility index (Phi) is 8.86. The number of carbonyl (C=O) groups is 2. The summed E-state index contributed by atoms with van der Waals surface area (Å²) in [7, 11) is 1.61. The van der Waals surface area contributed by atoms with Gasteiger partial charge in [0.25, 0.3) is 0 Å². The summed E-state index contributed by atoms with van der Waals surface area (Å²) in [5, 5.41) is 17.2. The zero-order valence-corrected chi connectivity index (χ0v) is 25.1. The van der Waals surface area contributed by atoms with Crippen molar-refractivity contribution in [3.8, 4) is 5.75 Å². The number of ether oxygens (including phenoxy) is 2. The molecule has 2 aliphatic heterocycles. The van der Waals surface area contributed by atoms with E-state index < -0.39 is 24.1 Å². The molecule has 4 bridgehead atoms. The monoisotopic (exact) mass is 601 g/mol. The molecule has 1 aromatic heterocycles. The third-order valence-electron chi connectivity index (χ3n) is 7.70. The Hall–Kier alpha value is -4.90. The lowest BCUT2D eigenvalue weighted by atomic mass is 9.93. The van der Waals surface area contributed by atoms with Crippen LogP contribution in [0.4, 0.5) is 26.4 Å². The quantitative estimate of drug-likeness (QED) is 0.235. The summed E-state index contributed by atoms with van der Waals surface area (Å²) in [6.45, 7) is 5.19. The Bertz CT molecular complexity index is 1710. The number of aromatic nitrogens is 1. The molecule has 3 aromatic carbocycles. The van der Waals surface area contributed by atoms with Crippen molar-refractivity contribution in [3.63, 3.8) is 0 Å². The minimum absolute atomic E-state index is 0.0555. The first kappa shape index (κ1) is 30.6. The van der Waals surface area contributed by atoms with Crippen molar-refractivity contribution in [1.82, 2.24) is 9.88 Å². The molecule has 2 aliphatic rings. The van der Waals surface area contributed by atoms with Crippen LogP contribution in [0.2, 0.25) is 0 Å². The van der Waals surface area contributed by atoms with Crippen molar-refractivity contribution in [2.24, 2.45) is 0 Å². The summed E-state index contributed by atoms with van der Waals surface area (Å²) in [5.74, 6) is -0.886. The SMILES string of the molecule is Cc1cc2ccc1[C@@H](C)COC(=O)Nc1cc(F)c(O[C@H](C)CO)c(c1)CN(C)C(=O)[C@@H]2Nc1ccc2c(N)nccc2c1. The first-order valence-corrected chi connectivity index (χ1v) is 14.3. The number of amides is 2. The number of nitrogens with one attached hydrogen (secondary N) is 2. The van der Waals surface area contributed by atoms with Crippen LogP contribution in [0.1, 0.15) is 48.1 Å². The zero-order chi connectivity index (χ0) is 31.5. The van der Waals surface area contributed by atoms with Crippen LogP contribution in [0, 0.1) is 12.7 Å². The number of pyridine rings is 1. The summed E-state index contributed by atoms with van der Waals surface area (Å²) in [4.78, 5) is 32.4. The molecular formula is C33H36FN5O5. The van der Waals surface area contributed by atoms with Crippen molar-refractivity contribution in [1.29, 1.82) is 0 Å². The number of hydrogen-bond donors (Lipinski definition) is 4. The van der Waals surface area contributed by atoms with Gasteiger partial charge in [0.2, 0.25) is 5.91 Å². The second-order valence-electron chi connectivity index (χ2n) is 11.2. The van der Waals surface area contributed by atoms with E-state index in [9.17, 15) is 14.7 Å². The molecule has 230 valence electrons. The average molecular weight is 602 g/mol. The average Bonchev–Trinajstić information content (AvgIpc) is 2.99. The van der Waals surface area contributed by atoms with Gasteiger partial charge in [0.15, 0.2) is 11.6 Å². The maximum absolute atomic E-state index is 15.4. The fourth-order valence-electron chi connectivity index (χ4n) is 5.39. The zero-order valence-electron chi connectivity index (χ0n) is 25.1. The highest BCUT2D eigenvalue weighted by molar-refractivity contribution is 5.94. The summed E-state index contributed by atoms with van der Waals surface area (Å²) in [6.07, 6.45) is 0.190. The molecule has 3 heterocycles. The van der Waals surface area contributed by atoms with E-state index in [4.69, 9.17) is 15.2 Å². The second-order valence-corrected chi connectivity index (χ2v) is 11.2. The van der Waals surface area contributed by atoms with E-state index in [1.54, 1.807) is 20.2 Å². The fraction of sp³-hybridized carbons (Fsp3) is 0.303. The number of likely N-dealkylation sites (N-methyl/N-ethyl adjacent to an activating group) is 1. The van der Waals surface area contributed by atoms with Gasteiger partial charge in [0.05, 0.1) is 13.2 Å². The highest BCUT2D eigenvalue weighted by Gasteiger charge is 2.28. The van der Waals surface area contributed by atoms with E-state index in [0.717, 1.165) is 33.5 Å². The van der Waals surface area contributed by atoms with Gasteiger partial charge in [-0.2, -0.15) is 0 Å². The van der Waals surface area contributed by atoms with Crippen molar-refractivity contribution < 1.29 is 28.6 Å². The Balaban J connectivity index is 1.58. The van der Waals surface area contributed by atoms with E-state index in [1.165, 1.54) is 11.0 Å². The topological polar surface area (TPSA) is 139 Å². The lowest BCUT2D eigenvalue weighted by Crippen LogP contribution is -2.35. The third kappa shape index (κ3) is 6.52. The summed E-state index contributed by atoms with van der Waals surface area (Å²) in [6, 6.07) is 15.1. The number of carbonyl (C=O) groups excluding carboxylic acids is 2. The smallest absolute Gasteiger partial charge is 0.411 e. The first-order valence-electron chi connectivity index (χ1n) is 14.3. The lowest BCUT2D eigenvalue weighted by Gasteiger charge is -2.28. The van der Waals surface area contributed by atoms with Gasteiger partial charge in [-0.3, -0.25) is 10.1 Å². The van der Waals surface area contributed by atoms with Gasteiger partial charge in [0, 0.05) is 54.1 Å². The molecule has 0 aliphatic carbocycles. The highest BCUT2D eigenvalue weighted by Crippen LogP contribution is 2.33. The molecule has 6 rings (SSSR count). The third-order valence-corrected chi connectivity index (χ3v) is 7.70. The van der Waals surface area contributed by atoms with Crippen LogP contribution in [-0.4, -0.2) is 53.4 Å². The number of nitrogens with zero attached hydrogens (tertiary/aromatic N) is 2. The number of nitrogens with two attached hydrogens (primary N) is 1. The Morgan fingerprint density at radius 1 is 1.20 bits per heavy atom. The number of aliphatic hydroxyl groups is 1. The fourth-order valence-corrected chi connectivity index (χ4v) is 5.39. The first-order chi connectivity index (χ1) is 21.0. The molecule has 2 amide bonds. The van der Waals surface area contributed by atoms with Crippen molar-refractivity contribution in [2.45, 2.75) is 45.4 Å². The van der Waals surface area contributed by atoms with Crippen LogP contribution in [0.5, 0.6) is 5.75 Å². The number of nitrogen functional groups attached to an aromatic ring is 1. The van der Waals surface area contributed by atoms with Gasteiger partial charge in [0.1, 0.15) is 18.0 Å². The molecule has 0 unspecified atom stereocenters. The molecule has 5 N–H and O–H groups in total.